The van der Waals surface area contributed by atoms with Crippen LogP contribution in [-0.2, 0) is 9.59 Å². The first-order valence-corrected chi connectivity index (χ1v) is 15.0. The number of hydrogen-bond acceptors (Lipinski definition) is 4. The van der Waals surface area contributed by atoms with Crippen molar-refractivity contribution in [3.8, 4) is 0 Å². The molecule has 0 spiro atoms. The zero-order valence-corrected chi connectivity index (χ0v) is 24.9. The summed E-state index contributed by atoms with van der Waals surface area (Å²) in [5.74, 6) is -2.34. The van der Waals surface area contributed by atoms with E-state index in [9.17, 15) is 20.0 Å². The summed E-state index contributed by atoms with van der Waals surface area (Å²) in [6, 6.07) is 29.8. The molecule has 1 saturated carbocycles. The molecule has 2 unspecified atom stereocenters. The Hall–Kier alpha value is -4.26. The molecule has 220 valence electrons. The molecule has 2 N–H and O–H groups in total. The van der Waals surface area contributed by atoms with Crippen molar-refractivity contribution in [2.45, 2.75) is 69.9 Å². The van der Waals surface area contributed by atoms with Crippen LogP contribution in [0.1, 0.15) is 81.5 Å². The van der Waals surface area contributed by atoms with E-state index in [0.717, 1.165) is 61.1 Å². The average Bonchev–Trinajstić information content (AvgIpc) is 3.00. The Morgan fingerprint density at radius 2 is 1.30 bits per heavy atom. The quantitative estimate of drug-likeness (QED) is 0.198. The number of aryl methyl sites for hydroxylation is 3. The highest BCUT2D eigenvalue weighted by Crippen LogP contribution is 2.42. The van der Waals surface area contributed by atoms with Crippen molar-refractivity contribution in [3.05, 3.63) is 142 Å². The van der Waals surface area contributed by atoms with Gasteiger partial charge in [-0.3, -0.25) is 20.0 Å². The van der Waals surface area contributed by atoms with Gasteiger partial charge in [-0.25, -0.2) is 10.1 Å². The van der Waals surface area contributed by atoms with E-state index in [1.807, 2.05) is 106 Å². The van der Waals surface area contributed by atoms with Crippen molar-refractivity contribution in [2.24, 2.45) is 0 Å². The lowest BCUT2D eigenvalue weighted by Gasteiger charge is -2.44. The Balaban J connectivity index is 1.41. The third kappa shape index (κ3) is 5.61. The number of amides is 2. The summed E-state index contributed by atoms with van der Waals surface area (Å²) in [4.78, 5) is 28.5. The van der Waals surface area contributed by atoms with Gasteiger partial charge >= 0.3 is 0 Å². The second kappa shape index (κ2) is 11.8. The molecule has 6 nitrogen and oxygen atoms in total. The van der Waals surface area contributed by atoms with Crippen molar-refractivity contribution in [1.82, 2.24) is 10.1 Å². The molecule has 2 amide bonds. The van der Waals surface area contributed by atoms with Crippen LogP contribution in [0, 0.1) is 20.8 Å². The number of fused-ring (bicyclic) bond motifs is 4. The normalized spacial score (nSPS) is 21.6. The lowest BCUT2D eigenvalue weighted by molar-refractivity contribution is -0.215. The van der Waals surface area contributed by atoms with E-state index in [2.05, 4.69) is 12.1 Å². The molecule has 4 atom stereocenters. The molecule has 43 heavy (non-hydrogen) atoms. The second-order valence-electron chi connectivity index (χ2n) is 12.3. The summed E-state index contributed by atoms with van der Waals surface area (Å²) in [6.45, 7) is 5.94. The summed E-state index contributed by atoms with van der Waals surface area (Å²) in [6.07, 6.45) is 1.60. The van der Waals surface area contributed by atoms with Gasteiger partial charge in [0, 0.05) is 0 Å². The largest absolute Gasteiger partial charge is 0.286 e. The van der Waals surface area contributed by atoms with Gasteiger partial charge < -0.3 is 0 Å². The molecule has 4 bridgehead atoms. The van der Waals surface area contributed by atoms with E-state index >= 15 is 0 Å². The SMILES string of the molecule is Cc1cccc(C2C(=O)N(O)[C@@H]3CCC(C[C@H]3N(O)C(=O)C(c3cccc(C)c3)c3cccc(C)c3)c3cccc2c3)c1. The van der Waals surface area contributed by atoms with E-state index in [1.165, 1.54) is 0 Å². The minimum Gasteiger partial charge on any atom is -0.286 e. The highest BCUT2D eigenvalue weighted by molar-refractivity contribution is 5.88. The van der Waals surface area contributed by atoms with Gasteiger partial charge in [-0.05, 0) is 73.8 Å². The Labute approximate surface area is 253 Å². The van der Waals surface area contributed by atoms with Gasteiger partial charge in [0.2, 0.25) is 0 Å². The molecule has 6 heteroatoms. The van der Waals surface area contributed by atoms with Crippen molar-refractivity contribution in [1.29, 1.82) is 0 Å². The highest BCUT2D eigenvalue weighted by atomic mass is 16.5. The first kappa shape index (κ1) is 28.8. The smallest absolute Gasteiger partial charge is 0.258 e. The Morgan fingerprint density at radius 3 is 1.91 bits per heavy atom. The van der Waals surface area contributed by atoms with Gasteiger partial charge in [-0.1, -0.05) is 114 Å². The molecule has 7 rings (SSSR count). The molecule has 2 aliphatic heterocycles. The standard InChI is InChI=1S/C37H38N2O4/c1-23-8-4-12-28(18-23)34(29-13-5-9-24(2)19-29)37(41)39(43)33-22-27-16-17-32(33)38(42)36(40)35(30-14-6-10-25(3)20-30)31-15-7-11-26(27)21-31/h4-15,18-21,27,32-35,42-43H,16-17,22H2,1-3H3/t27?,32-,33-,35?/m1/s1. The fourth-order valence-electron chi connectivity index (χ4n) is 7.07. The fraction of sp³-hybridized carbons (Fsp3) is 0.297. The van der Waals surface area contributed by atoms with Crippen LogP contribution in [-0.4, -0.2) is 44.4 Å². The maximum absolute atomic E-state index is 14.4. The first-order valence-electron chi connectivity index (χ1n) is 15.0. The molecule has 0 radical (unpaired) electrons. The van der Waals surface area contributed by atoms with Gasteiger partial charge in [0.1, 0.15) is 0 Å². The Morgan fingerprint density at radius 1 is 0.767 bits per heavy atom. The Kier molecular flexibility index (Phi) is 7.91. The molecule has 0 saturated heterocycles. The molecule has 0 aromatic heterocycles. The molecule has 1 fully saturated rings. The molecule has 2 heterocycles. The van der Waals surface area contributed by atoms with Gasteiger partial charge in [-0.15, -0.1) is 0 Å². The maximum atomic E-state index is 14.4. The monoisotopic (exact) mass is 574 g/mol. The summed E-state index contributed by atoms with van der Waals surface area (Å²) >= 11 is 0. The number of nitrogens with zero attached hydrogens (tertiary/aromatic N) is 2. The fourth-order valence-corrected chi connectivity index (χ4v) is 7.07. The molecule has 3 aliphatic rings. The summed E-state index contributed by atoms with van der Waals surface area (Å²) in [7, 11) is 0. The highest BCUT2D eigenvalue weighted by Gasteiger charge is 2.45. The minimum absolute atomic E-state index is 0.0554. The van der Waals surface area contributed by atoms with Crippen LogP contribution >= 0.6 is 0 Å². The van der Waals surface area contributed by atoms with Gasteiger partial charge in [0.15, 0.2) is 0 Å². The Bertz CT molecular complexity index is 1620. The zero-order valence-electron chi connectivity index (χ0n) is 24.9. The molecule has 1 aliphatic carbocycles. The number of carbonyl (C=O) groups excluding carboxylic acids is 2. The predicted molar refractivity (Wildman–Crippen MR) is 165 cm³/mol. The van der Waals surface area contributed by atoms with E-state index in [0.29, 0.717) is 12.8 Å². The second-order valence-corrected chi connectivity index (χ2v) is 12.3. The third-order valence-electron chi connectivity index (χ3n) is 9.20. The minimum atomic E-state index is -0.794. The summed E-state index contributed by atoms with van der Waals surface area (Å²) in [5, 5.41) is 25.0. The molecular formula is C37H38N2O4. The van der Waals surface area contributed by atoms with Gasteiger partial charge in [0.05, 0.1) is 23.9 Å². The maximum Gasteiger partial charge on any atom is 0.258 e. The van der Waals surface area contributed by atoms with Crippen LogP contribution in [0.15, 0.2) is 97.1 Å². The van der Waals surface area contributed by atoms with Gasteiger partial charge in [-0.2, -0.15) is 0 Å². The summed E-state index contributed by atoms with van der Waals surface area (Å²) < 4.78 is 0. The van der Waals surface area contributed by atoms with E-state index < -0.39 is 35.7 Å². The lowest BCUT2D eigenvalue weighted by Crippen LogP contribution is -2.57. The van der Waals surface area contributed by atoms with Crippen LogP contribution in [0.4, 0.5) is 0 Å². The lowest BCUT2D eigenvalue weighted by atomic mass is 9.75. The van der Waals surface area contributed by atoms with Crippen molar-refractivity contribution >= 4 is 11.8 Å². The third-order valence-corrected chi connectivity index (χ3v) is 9.20. The van der Waals surface area contributed by atoms with Crippen LogP contribution in [0.3, 0.4) is 0 Å². The number of carbonyl (C=O) groups is 2. The van der Waals surface area contributed by atoms with Crippen molar-refractivity contribution < 1.29 is 20.0 Å². The number of hydroxylamine groups is 4. The number of hydrogen-bond donors (Lipinski definition) is 2. The van der Waals surface area contributed by atoms with E-state index in [1.54, 1.807) is 0 Å². The predicted octanol–water partition coefficient (Wildman–Crippen LogP) is 7.03. The van der Waals surface area contributed by atoms with Crippen LogP contribution in [0.25, 0.3) is 0 Å². The molecule has 4 aromatic carbocycles. The van der Waals surface area contributed by atoms with Crippen molar-refractivity contribution in [2.75, 3.05) is 0 Å². The van der Waals surface area contributed by atoms with Crippen LogP contribution in [0.2, 0.25) is 0 Å². The van der Waals surface area contributed by atoms with Crippen LogP contribution < -0.4 is 0 Å². The summed E-state index contributed by atoms with van der Waals surface area (Å²) in [5.41, 5.74) is 7.31. The molecule has 4 aromatic rings. The van der Waals surface area contributed by atoms with E-state index in [-0.39, 0.29) is 5.92 Å². The zero-order chi connectivity index (χ0) is 30.2. The molecular weight excluding hydrogens is 536 g/mol. The number of benzene rings is 4. The van der Waals surface area contributed by atoms with E-state index in [4.69, 9.17) is 0 Å². The van der Waals surface area contributed by atoms with Crippen molar-refractivity contribution in [3.63, 3.8) is 0 Å². The average molecular weight is 575 g/mol. The number of rotatable bonds is 5. The van der Waals surface area contributed by atoms with Gasteiger partial charge in [0.25, 0.3) is 11.8 Å². The first-order chi connectivity index (χ1) is 20.7. The van der Waals surface area contributed by atoms with Crippen LogP contribution in [0.5, 0.6) is 0 Å². The topological polar surface area (TPSA) is 81.1 Å².